The predicted molar refractivity (Wildman–Crippen MR) is 86.6 cm³/mol. The maximum atomic E-state index is 11.5. The van der Waals surface area contributed by atoms with Crippen LogP contribution >= 0.6 is 0 Å². The highest BCUT2D eigenvalue weighted by Crippen LogP contribution is 2.43. The summed E-state index contributed by atoms with van der Waals surface area (Å²) in [6.07, 6.45) is 10.7. The molecule has 4 heteroatoms. The fourth-order valence-corrected chi connectivity index (χ4v) is 4.24. The van der Waals surface area contributed by atoms with Crippen LogP contribution in [0.2, 0.25) is 0 Å². The van der Waals surface area contributed by atoms with Gasteiger partial charge in [0.1, 0.15) is 0 Å². The van der Waals surface area contributed by atoms with Crippen LogP contribution in [-0.4, -0.2) is 15.6 Å². The van der Waals surface area contributed by atoms with Crippen molar-refractivity contribution in [3.8, 4) is 11.3 Å². The first kappa shape index (κ1) is 13.7. The van der Waals surface area contributed by atoms with Gasteiger partial charge in [0.05, 0.1) is 30.3 Å². The number of benzene rings is 1. The molecule has 1 aromatic heterocycles. The van der Waals surface area contributed by atoms with Crippen LogP contribution < -0.4 is 0 Å². The topological polar surface area (TPSA) is 47.2 Å². The fraction of sp³-hybridized carbons (Fsp3) is 0.500. The van der Waals surface area contributed by atoms with Gasteiger partial charge in [0.15, 0.2) is 0 Å². The number of rotatable bonds is 4. The van der Waals surface area contributed by atoms with Gasteiger partial charge in [-0.15, -0.1) is 0 Å². The molecule has 1 fully saturated rings. The first-order chi connectivity index (χ1) is 10.9. The molecule has 4 nitrogen and oxygen atoms in total. The van der Waals surface area contributed by atoms with Crippen LogP contribution in [0.3, 0.4) is 0 Å². The van der Waals surface area contributed by atoms with E-state index < -0.39 is 0 Å². The molecule has 0 radical (unpaired) electrons. The van der Waals surface area contributed by atoms with Gasteiger partial charge in [-0.1, -0.05) is 48.7 Å². The van der Waals surface area contributed by atoms with Crippen molar-refractivity contribution in [3.63, 3.8) is 0 Å². The lowest BCUT2D eigenvalue weighted by atomic mass is 9.81. The third-order valence-corrected chi connectivity index (χ3v) is 5.39. The minimum atomic E-state index is -0.0771. The van der Waals surface area contributed by atoms with Gasteiger partial charge in [0.25, 0.3) is 0 Å². The van der Waals surface area contributed by atoms with E-state index in [0.29, 0.717) is 5.92 Å². The zero-order chi connectivity index (χ0) is 14.9. The summed E-state index contributed by atoms with van der Waals surface area (Å²) < 4.78 is 2.21. The van der Waals surface area contributed by atoms with Gasteiger partial charge in [0, 0.05) is 5.56 Å². The molecule has 2 aromatic rings. The van der Waals surface area contributed by atoms with E-state index in [1.807, 2.05) is 12.5 Å². The molecule has 0 amide bonds. The molecule has 1 aliphatic carbocycles. The van der Waals surface area contributed by atoms with Crippen molar-refractivity contribution in [1.29, 1.82) is 0 Å². The number of imidazole rings is 1. The molecule has 114 valence electrons. The van der Waals surface area contributed by atoms with E-state index in [2.05, 4.69) is 39.0 Å². The Hall–Kier alpha value is -1.97. The Bertz CT molecular complexity index is 672. The average Bonchev–Trinajstić information content (AvgIpc) is 3.15. The standard InChI is InChI=1S/C18H21N3O/c22-20-16(13-6-2-1-3-7-13)10-17-14-8-4-5-9-15(14)18-11-19-12-21(17)18/h4-5,8-9,11-13,16-17H,1-3,6-7,10H2/t16-,17?/m1/s1. The van der Waals surface area contributed by atoms with Crippen LogP contribution in [0.25, 0.3) is 11.3 Å². The van der Waals surface area contributed by atoms with Crippen LogP contribution in [0, 0.1) is 10.8 Å². The molecular weight excluding hydrogens is 274 g/mol. The Morgan fingerprint density at radius 3 is 2.86 bits per heavy atom. The molecule has 1 saturated carbocycles. The number of nitroso groups, excluding NO2 is 1. The van der Waals surface area contributed by atoms with Gasteiger partial charge in [-0.3, -0.25) is 0 Å². The van der Waals surface area contributed by atoms with Crippen molar-refractivity contribution < 1.29 is 0 Å². The maximum Gasteiger partial charge on any atom is 0.0970 e. The summed E-state index contributed by atoms with van der Waals surface area (Å²) in [5, 5.41) is 3.52. The zero-order valence-corrected chi connectivity index (χ0v) is 12.7. The predicted octanol–water partition coefficient (Wildman–Crippen LogP) is 4.56. The Morgan fingerprint density at radius 2 is 2.05 bits per heavy atom. The van der Waals surface area contributed by atoms with E-state index in [1.165, 1.54) is 30.4 Å². The van der Waals surface area contributed by atoms with Crippen LogP contribution in [0.4, 0.5) is 0 Å². The third-order valence-electron chi connectivity index (χ3n) is 5.39. The molecule has 0 bridgehead atoms. The fourth-order valence-electron chi connectivity index (χ4n) is 4.24. The van der Waals surface area contributed by atoms with E-state index >= 15 is 0 Å². The van der Waals surface area contributed by atoms with Gasteiger partial charge in [-0.05, 0) is 30.7 Å². The molecule has 2 heterocycles. The van der Waals surface area contributed by atoms with E-state index in [1.54, 1.807) is 0 Å². The SMILES string of the molecule is O=N[C@H](CC1c2ccccc2-c2cncn21)C1CCCCC1. The number of aromatic nitrogens is 2. The normalized spacial score (nSPS) is 22.1. The first-order valence-electron chi connectivity index (χ1n) is 8.32. The summed E-state index contributed by atoms with van der Waals surface area (Å²) in [6.45, 7) is 0. The molecule has 0 N–H and O–H groups in total. The van der Waals surface area contributed by atoms with Gasteiger partial charge >= 0.3 is 0 Å². The third kappa shape index (κ3) is 2.18. The van der Waals surface area contributed by atoms with Crippen LogP contribution in [0.5, 0.6) is 0 Å². The van der Waals surface area contributed by atoms with Crippen molar-refractivity contribution in [2.24, 2.45) is 11.1 Å². The monoisotopic (exact) mass is 295 g/mol. The van der Waals surface area contributed by atoms with Crippen LogP contribution in [-0.2, 0) is 0 Å². The molecule has 1 aliphatic heterocycles. The number of hydrogen-bond acceptors (Lipinski definition) is 3. The quantitative estimate of drug-likeness (QED) is 0.776. The maximum absolute atomic E-state index is 11.5. The summed E-state index contributed by atoms with van der Waals surface area (Å²) in [7, 11) is 0. The molecule has 0 spiro atoms. The molecular formula is C18H21N3O. The average molecular weight is 295 g/mol. The molecule has 22 heavy (non-hydrogen) atoms. The second-order valence-electron chi connectivity index (χ2n) is 6.60. The highest BCUT2D eigenvalue weighted by atomic mass is 16.3. The van der Waals surface area contributed by atoms with Gasteiger partial charge in [-0.2, -0.15) is 4.91 Å². The lowest BCUT2D eigenvalue weighted by molar-refractivity contribution is 0.280. The van der Waals surface area contributed by atoms with Crippen LogP contribution in [0.15, 0.2) is 42.0 Å². The molecule has 4 rings (SSSR count). The summed E-state index contributed by atoms with van der Waals surface area (Å²) in [6, 6.07) is 8.60. The molecule has 2 atom stereocenters. The summed E-state index contributed by atoms with van der Waals surface area (Å²) in [5.41, 5.74) is 3.72. The van der Waals surface area contributed by atoms with E-state index in [-0.39, 0.29) is 12.1 Å². The van der Waals surface area contributed by atoms with E-state index in [9.17, 15) is 4.91 Å². The van der Waals surface area contributed by atoms with Gasteiger partial charge < -0.3 is 4.57 Å². The second-order valence-corrected chi connectivity index (χ2v) is 6.60. The summed E-state index contributed by atoms with van der Waals surface area (Å²) in [4.78, 5) is 15.8. The van der Waals surface area contributed by atoms with E-state index in [0.717, 1.165) is 25.0 Å². The Morgan fingerprint density at radius 1 is 1.23 bits per heavy atom. The van der Waals surface area contributed by atoms with E-state index in [4.69, 9.17) is 0 Å². The largest absolute Gasteiger partial charge is 0.323 e. The van der Waals surface area contributed by atoms with Crippen molar-refractivity contribution in [2.75, 3.05) is 0 Å². The number of hydrogen-bond donors (Lipinski definition) is 0. The summed E-state index contributed by atoms with van der Waals surface area (Å²) in [5.74, 6) is 0.464. The zero-order valence-electron chi connectivity index (χ0n) is 12.7. The lowest BCUT2D eigenvalue weighted by Gasteiger charge is -2.28. The summed E-state index contributed by atoms with van der Waals surface area (Å²) >= 11 is 0. The Labute approximate surface area is 130 Å². The van der Waals surface area contributed by atoms with Gasteiger partial charge in [0.2, 0.25) is 0 Å². The Balaban J connectivity index is 1.63. The highest BCUT2D eigenvalue weighted by Gasteiger charge is 2.33. The van der Waals surface area contributed by atoms with Crippen molar-refractivity contribution in [3.05, 3.63) is 47.3 Å². The minimum absolute atomic E-state index is 0.0771. The molecule has 1 aromatic carbocycles. The number of fused-ring (bicyclic) bond motifs is 3. The molecule has 1 unspecified atom stereocenters. The lowest BCUT2D eigenvalue weighted by Crippen LogP contribution is -2.24. The molecule has 0 saturated heterocycles. The van der Waals surface area contributed by atoms with Crippen LogP contribution in [0.1, 0.15) is 50.1 Å². The van der Waals surface area contributed by atoms with Gasteiger partial charge in [-0.25, -0.2) is 4.98 Å². The highest BCUT2D eigenvalue weighted by molar-refractivity contribution is 5.68. The van der Waals surface area contributed by atoms with Crippen molar-refractivity contribution >= 4 is 0 Å². The molecule has 2 aliphatic rings. The van der Waals surface area contributed by atoms with Crippen molar-refractivity contribution in [2.45, 2.75) is 50.6 Å². The first-order valence-corrected chi connectivity index (χ1v) is 8.32. The second kappa shape index (κ2) is 5.67. The number of nitrogens with zero attached hydrogens (tertiary/aromatic N) is 3. The van der Waals surface area contributed by atoms with Crippen molar-refractivity contribution in [1.82, 2.24) is 9.55 Å². The smallest absolute Gasteiger partial charge is 0.0970 e. The Kier molecular flexibility index (Phi) is 3.53. The minimum Gasteiger partial charge on any atom is -0.323 e.